The summed E-state index contributed by atoms with van der Waals surface area (Å²) in [5.74, 6) is -3.74. The number of alkyl halides is 3. The van der Waals surface area contributed by atoms with Gasteiger partial charge in [-0.05, 0) is 24.6 Å². The van der Waals surface area contributed by atoms with Crippen molar-refractivity contribution in [2.45, 2.75) is 31.7 Å². The van der Waals surface area contributed by atoms with Gasteiger partial charge in [-0.25, -0.2) is 9.59 Å². The van der Waals surface area contributed by atoms with E-state index in [2.05, 4.69) is 5.32 Å². The topological polar surface area (TPSA) is 98.2 Å². The van der Waals surface area contributed by atoms with E-state index < -0.39 is 29.7 Å². The molecule has 34 heavy (non-hydrogen) atoms. The van der Waals surface area contributed by atoms with Crippen LogP contribution in [0.5, 0.6) is 0 Å². The lowest BCUT2D eigenvalue weighted by Crippen LogP contribution is -3.08. The average Bonchev–Trinajstić information content (AvgIpc) is 3.14. The molecule has 0 bridgehead atoms. The second-order valence-electron chi connectivity index (χ2n) is 7.75. The number of fused-ring (bicyclic) bond motifs is 1. The molecule has 0 fully saturated rings. The van der Waals surface area contributed by atoms with Crippen molar-refractivity contribution in [3.05, 3.63) is 51.9 Å². The Morgan fingerprint density at radius 1 is 1.18 bits per heavy atom. The van der Waals surface area contributed by atoms with E-state index in [0.29, 0.717) is 30.0 Å². The van der Waals surface area contributed by atoms with Gasteiger partial charge in [-0.15, -0.1) is 11.3 Å². The molecule has 1 aromatic carbocycles. The Kier molecular flexibility index (Phi) is 7.51. The molecule has 2 atom stereocenters. The fourth-order valence-electron chi connectivity index (χ4n) is 3.66. The zero-order valence-electron chi connectivity index (χ0n) is 18.8. The van der Waals surface area contributed by atoms with Crippen molar-refractivity contribution in [2.75, 3.05) is 32.6 Å². The van der Waals surface area contributed by atoms with Gasteiger partial charge in [-0.1, -0.05) is 18.2 Å². The molecule has 0 radical (unpaired) electrons. The number of carbonyl (C=O) groups excluding carboxylic acids is 3. The van der Waals surface area contributed by atoms with Crippen LogP contribution in [0.2, 0.25) is 0 Å². The molecule has 0 saturated heterocycles. The normalized spacial score (nSPS) is 17.2. The maximum absolute atomic E-state index is 14.6. The summed E-state index contributed by atoms with van der Waals surface area (Å²) in [5, 5.41) is 3.71. The van der Waals surface area contributed by atoms with Crippen LogP contribution in [0.15, 0.2) is 30.3 Å². The Hall–Kier alpha value is -3.12. The largest absolute Gasteiger partial charge is 0.465 e. The van der Waals surface area contributed by atoms with Crippen molar-refractivity contribution in [3.63, 3.8) is 0 Å². The summed E-state index contributed by atoms with van der Waals surface area (Å²) in [6, 6.07) is 7.16. The number of carbonyl (C=O) groups is 3. The van der Waals surface area contributed by atoms with Crippen molar-refractivity contribution < 1.29 is 41.9 Å². The third kappa shape index (κ3) is 4.87. The Labute approximate surface area is 198 Å². The smallest absolute Gasteiger partial charge is 0.441 e. The Bertz CT molecular complexity index is 1070. The Morgan fingerprint density at radius 3 is 2.44 bits per heavy atom. The summed E-state index contributed by atoms with van der Waals surface area (Å²) in [5.41, 5.74) is -3.25. The van der Waals surface area contributed by atoms with Gasteiger partial charge >= 0.3 is 23.8 Å². The summed E-state index contributed by atoms with van der Waals surface area (Å²) < 4.78 is 53.3. The molecule has 1 aromatic heterocycles. The molecular weight excluding hydrogens is 475 g/mol. The summed E-state index contributed by atoms with van der Waals surface area (Å²) >= 11 is 0.919. The van der Waals surface area contributed by atoms with Crippen molar-refractivity contribution in [1.29, 1.82) is 0 Å². The first kappa shape index (κ1) is 25.5. The van der Waals surface area contributed by atoms with Gasteiger partial charge in [0.2, 0.25) is 0 Å². The second kappa shape index (κ2) is 10.0. The number of amides is 1. The molecule has 3 N–H and O–H groups in total. The lowest BCUT2D eigenvalue weighted by atomic mass is 10.0. The predicted molar refractivity (Wildman–Crippen MR) is 118 cm³/mol. The van der Waals surface area contributed by atoms with Gasteiger partial charge in [0.05, 0.1) is 37.7 Å². The number of rotatable bonds is 7. The molecule has 0 aliphatic carbocycles. The molecular formula is C22H25F3N3O5S+. The molecule has 1 aliphatic rings. The summed E-state index contributed by atoms with van der Waals surface area (Å²) in [7, 11) is 3.04. The number of hydrogen-bond acceptors (Lipinski definition) is 7. The number of anilines is 1. The summed E-state index contributed by atoms with van der Waals surface area (Å²) in [6.45, 7) is 2.14. The van der Waals surface area contributed by atoms with Crippen LogP contribution in [0.4, 0.5) is 18.2 Å². The molecule has 3 rings (SSSR count). The minimum atomic E-state index is -5.33. The Balaban J connectivity index is 2.15. The van der Waals surface area contributed by atoms with E-state index in [0.717, 1.165) is 23.3 Å². The number of likely N-dealkylation sites (N-methyl/N-ethyl adjacent to an activating group) is 1. The quantitative estimate of drug-likeness (QED) is 0.396. The van der Waals surface area contributed by atoms with Gasteiger partial charge in [0.1, 0.15) is 11.5 Å². The van der Waals surface area contributed by atoms with E-state index in [9.17, 15) is 27.6 Å². The molecule has 1 aliphatic heterocycles. The fourth-order valence-corrected chi connectivity index (χ4v) is 5.06. The molecule has 184 valence electrons. The first-order chi connectivity index (χ1) is 16.0. The number of benzene rings is 1. The van der Waals surface area contributed by atoms with Crippen LogP contribution < -0.4 is 15.5 Å². The van der Waals surface area contributed by atoms with Gasteiger partial charge in [0, 0.05) is 12.0 Å². The highest BCUT2D eigenvalue weighted by Crippen LogP contribution is 2.40. The SMILES string of the molecule is CCOC(=O)[C@](NC(=O)c1ccccc1)(Nc1sc2c(c1C(=O)OC)CC[NH+](C)C2)C(F)(F)F. The highest BCUT2D eigenvalue weighted by atomic mass is 32.1. The molecule has 1 unspecified atom stereocenters. The minimum absolute atomic E-state index is 0.0816. The molecule has 12 heteroatoms. The first-order valence-electron chi connectivity index (χ1n) is 10.5. The Morgan fingerprint density at radius 2 is 1.85 bits per heavy atom. The summed E-state index contributed by atoms with van der Waals surface area (Å²) in [6.07, 6.45) is -4.89. The monoisotopic (exact) mass is 500 g/mol. The summed E-state index contributed by atoms with van der Waals surface area (Å²) in [4.78, 5) is 39.9. The van der Waals surface area contributed by atoms with Crippen molar-refractivity contribution in [2.24, 2.45) is 0 Å². The maximum atomic E-state index is 14.6. The number of halogens is 3. The van der Waals surface area contributed by atoms with E-state index in [1.165, 1.54) is 31.2 Å². The molecule has 2 aromatic rings. The van der Waals surface area contributed by atoms with Crippen molar-refractivity contribution in [1.82, 2.24) is 5.32 Å². The fraction of sp³-hybridized carbons (Fsp3) is 0.409. The first-order valence-corrected chi connectivity index (χ1v) is 11.3. The van der Waals surface area contributed by atoms with Crippen LogP contribution in [0.3, 0.4) is 0 Å². The molecule has 0 spiro atoms. The zero-order valence-corrected chi connectivity index (χ0v) is 19.6. The molecule has 1 amide bonds. The van der Waals surface area contributed by atoms with Gasteiger partial charge in [-0.3, -0.25) is 4.79 Å². The highest BCUT2D eigenvalue weighted by Gasteiger charge is 2.64. The lowest BCUT2D eigenvalue weighted by molar-refractivity contribution is -0.895. The van der Waals surface area contributed by atoms with Crippen LogP contribution in [-0.4, -0.2) is 57.0 Å². The second-order valence-corrected chi connectivity index (χ2v) is 8.85. The third-order valence-electron chi connectivity index (χ3n) is 5.39. The van der Waals surface area contributed by atoms with Crippen LogP contribution in [-0.2, 0) is 27.2 Å². The van der Waals surface area contributed by atoms with E-state index in [4.69, 9.17) is 9.47 Å². The van der Waals surface area contributed by atoms with Gasteiger partial charge in [0.25, 0.3) is 5.91 Å². The molecule has 8 nitrogen and oxygen atoms in total. The van der Waals surface area contributed by atoms with Crippen LogP contribution in [0.25, 0.3) is 0 Å². The van der Waals surface area contributed by atoms with Crippen LogP contribution in [0, 0.1) is 0 Å². The number of ether oxygens (including phenoxy) is 2. The number of hydrogen-bond donors (Lipinski definition) is 3. The van der Waals surface area contributed by atoms with Gasteiger partial charge < -0.3 is 25.0 Å². The average molecular weight is 501 g/mol. The maximum Gasteiger partial charge on any atom is 0.441 e. The van der Waals surface area contributed by atoms with E-state index >= 15 is 0 Å². The number of methoxy groups -OCH3 is 1. The lowest BCUT2D eigenvalue weighted by Gasteiger charge is -2.35. The standard InChI is InChI=1S/C22H24F3N3O5S/c1-4-33-20(31)21(22(23,24)25,26-17(29)13-8-6-5-7-9-13)27-18-16(19(30)32-3)14-10-11-28(2)12-15(14)34-18/h5-9,27H,4,10-12H2,1-3H3,(H,26,29)/p+1/t21-/m0/s1. The predicted octanol–water partition coefficient (Wildman–Crippen LogP) is 1.77. The third-order valence-corrected chi connectivity index (χ3v) is 6.54. The number of nitrogens with one attached hydrogen (secondary N) is 3. The van der Waals surface area contributed by atoms with E-state index in [-0.39, 0.29) is 22.7 Å². The van der Waals surface area contributed by atoms with E-state index in [1.54, 1.807) is 11.4 Å². The zero-order chi connectivity index (χ0) is 25.1. The number of quaternary nitrogens is 1. The van der Waals surface area contributed by atoms with E-state index in [1.807, 2.05) is 7.05 Å². The van der Waals surface area contributed by atoms with Crippen LogP contribution >= 0.6 is 11.3 Å². The minimum Gasteiger partial charge on any atom is -0.465 e. The molecule has 0 saturated carbocycles. The van der Waals surface area contributed by atoms with Gasteiger partial charge in [0.15, 0.2) is 0 Å². The number of thiophene rings is 1. The van der Waals surface area contributed by atoms with Gasteiger partial charge in [-0.2, -0.15) is 13.2 Å². The van der Waals surface area contributed by atoms with Crippen LogP contribution in [0.1, 0.15) is 38.1 Å². The number of esters is 2. The highest BCUT2D eigenvalue weighted by molar-refractivity contribution is 7.16. The van der Waals surface area contributed by atoms with Crippen molar-refractivity contribution >= 4 is 34.2 Å². The van der Waals surface area contributed by atoms with Crippen molar-refractivity contribution in [3.8, 4) is 0 Å². The molecule has 2 heterocycles.